The van der Waals surface area contributed by atoms with Crippen LogP contribution in [0.25, 0.3) is 0 Å². The van der Waals surface area contributed by atoms with Crippen molar-refractivity contribution in [2.24, 2.45) is 22.2 Å². The molecule has 0 radical (unpaired) electrons. The summed E-state index contributed by atoms with van der Waals surface area (Å²) in [6.07, 6.45) is 10.3. The van der Waals surface area contributed by atoms with Crippen molar-refractivity contribution in [3.63, 3.8) is 0 Å². The van der Waals surface area contributed by atoms with Crippen LogP contribution in [-0.2, 0) is 16.7 Å². The van der Waals surface area contributed by atoms with E-state index in [9.17, 15) is 0 Å². The van der Waals surface area contributed by atoms with Crippen molar-refractivity contribution in [1.82, 2.24) is 0 Å². The van der Waals surface area contributed by atoms with Crippen LogP contribution in [0.2, 0.25) is 0 Å². The Morgan fingerprint density at radius 1 is 1.26 bits per heavy atom. The van der Waals surface area contributed by atoms with Gasteiger partial charge in [0.15, 0.2) is 0 Å². The summed E-state index contributed by atoms with van der Waals surface area (Å²) >= 11 is 0. The van der Waals surface area contributed by atoms with Gasteiger partial charge in [-0.3, -0.25) is 0 Å². The monoisotopic (exact) mass is 370 g/mol. The van der Waals surface area contributed by atoms with E-state index in [0.717, 1.165) is 19.4 Å². The van der Waals surface area contributed by atoms with Crippen LogP contribution in [-0.4, -0.2) is 19.4 Å². The molecule has 2 aliphatic carbocycles. The van der Waals surface area contributed by atoms with Gasteiger partial charge in [-0.15, -0.1) is 0 Å². The molecular formula is C24H38N2O. The maximum Gasteiger partial charge on any atom is 0.117 e. The van der Waals surface area contributed by atoms with Gasteiger partial charge < -0.3 is 10.6 Å². The summed E-state index contributed by atoms with van der Waals surface area (Å²) in [7, 11) is 0. The van der Waals surface area contributed by atoms with Gasteiger partial charge >= 0.3 is 0 Å². The maximum atomic E-state index is 5.54. The molecule has 3 nitrogen and oxygen atoms in total. The second kappa shape index (κ2) is 8.34. The first kappa shape index (κ1) is 20.4. The molecule has 0 aromatic heterocycles. The summed E-state index contributed by atoms with van der Waals surface area (Å²) in [5.41, 5.74) is 10.6. The fraction of sp³-hybridized carbons (Fsp3) is 0.708. The number of benzene rings is 1. The lowest BCUT2D eigenvalue weighted by Crippen LogP contribution is -2.49. The van der Waals surface area contributed by atoms with Crippen LogP contribution in [0.3, 0.4) is 0 Å². The highest BCUT2D eigenvalue weighted by molar-refractivity contribution is 5.66. The molecule has 150 valence electrons. The molecule has 1 fully saturated rings. The topological polar surface area (TPSA) is 47.6 Å². The van der Waals surface area contributed by atoms with Gasteiger partial charge in [-0.25, -0.2) is 0 Å². The molecule has 0 aliphatic heterocycles. The quantitative estimate of drug-likeness (QED) is 0.388. The number of unbranched alkanes of at least 4 members (excludes halogenated alkanes) is 1. The minimum Gasteiger partial charge on any atom is -0.396 e. The molecule has 27 heavy (non-hydrogen) atoms. The number of rotatable bonds is 7. The van der Waals surface area contributed by atoms with Crippen molar-refractivity contribution in [3.8, 4) is 0 Å². The van der Waals surface area contributed by atoms with E-state index in [1.807, 2.05) is 0 Å². The largest absolute Gasteiger partial charge is 0.396 e. The number of hydrogen-bond donors (Lipinski definition) is 1. The van der Waals surface area contributed by atoms with Gasteiger partial charge in [0.1, 0.15) is 6.61 Å². The van der Waals surface area contributed by atoms with Crippen LogP contribution in [0.4, 0.5) is 0 Å². The Hall–Kier alpha value is -1.35. The molecule has 1 aromatic carbocycles. The van der Waals surface area contributed by atoms with Gasteiger partial charge in [-0.2, -0.15) is 0 Å². The minimum atomic E-state index is 0.120. The molecule has 3 atom stereocenters. The van der Waals surface area contributed by atoms with Crippen LogP contribution < -0.4 is 5.73 Å². The zero-order valence-electron chi connectivity index (χ0n) is 17.8. The molecule has 2 aliphatic rings. The molecule has 0 bridgehead atoms. The van der Waals surface area contributed by atoms with Gasteiger partial charge in [0.25, 0.3) is 0 Å². The summed E-state index contributed by atoms with van der Waals surface area (Å²) in [6, 6.07) is 7.27. The lowest BCUT2D eigenvalue weighted by molar-refractivity contribution is 0.0740. The summed E-state index contributed by atoms with van der Waals surface area (Å²) in [5, 5.41) is 4.39. The van der Waals surface area contributed by atoms with Crippen molar-refractivity contribution in [2.75, 3.05) is 13.2 Å². The van der Waals surface area contributed by atoms with Crippen molar-refractivity contribution < 1.29 is 4.84 Å². The fourth-order valence-corrected chi connectivity index (χ4v) is 5.60. The SMILES string of the molecule is CC(C)c1ccc2c(c1)CC[C@H]1[C@](C)(/C=N/OCCCCN)CCC[C@]21C. The highest BCUT2D eigenvalue weighted by Crippen LogP contribution is 2.56. The van der Waals surface area contributed by atoms with E-state index in [2.05, 4.69) is 57.3 Å². The fourth-order valence-electron chi connectivity index (χ4n) is 5.60. The summed E-state index contributed by atoms with van der Waals surface area (Å²) in [6.45, 7) is 10.9. The van der Waals surface area contributed by atoms with Crippen LogP contribution in [0.1, 0.15) is 88.8 Å². The van der Waals surface area contributed by atoms with Crippen molar-refractivity contribution >= 4 is 6.21 Å². The number of oxime groups is 1. The van der Waals surface area contributed by atoms with Crippen LogP contribution in [0.5, 0.6) is 0 Å². The maximum absolute atomic E-state index is 5.54. The Balaban J connectivity index is 1.79. The summed E-state index contributed by atoms with van der Waals surface area (Å²) in [5.74, 6) is 1.23. The molecule has 0 amide bonds. The third kappa shape index (κ3) is 4.08. The van der Waals surface area contributed by atoms with E-state index < -0.39 is 0 Å². The average Bonchev–Trinajstić information content (AvgIpc) is 2.64. The number of fused-ring (bicyclic) bond motifs is 3. The Labute approximate surface area is 165 Å². The van der Waals surface area contributed by atoms with Crippen LogP contribution >= 0.6 is 0 Å². The summed E-state index contributed by atoms with van der Waals surface area (Å²) in [4.78, 5) is 5.54. The third-order valence-electron chi connectivity index (χ3n) is 7.20. The zero-order chi connectivity index (χ0) is 19.5. The van der Waals surface area contributed by atoms with Gasteiger partial charge in [-0.05, 0) is 79.0 Å². The lowest BCUT2D eigenvalue weighted by Gasteiger charge is -2.54. The Kier molecular flexibility index (Phi) is 6.30. The first-order valence-electron chi connectivity index (χ1n) is 10.9. The van der Waals surface area contributed by atoms with E-state index in [4.69, 9.17) is 10.6 Å². The second-order valence-corrected chi connectivity index (χ2v) is 9.50. The number of nitrogens with zero attached hydrogens (tertiary/aromatic N) is 1. The Morgan fingerprint density at radius 3 is 2.81 bits per heavy atom. The van der Waals surface area contributed by atoms with Crippen molar-refractivity contribution in [2.45, 2.75) is 84.0 Å². The normalized spacial score (nSPS) is 30.4. The van der Waals surface area contributed by atoms with Crippen molar-refractivity contribution in [1.29, 1.82) is 0 Å². The molecule has 0 unspecified atom stereocenters. The van der Waals surface area contributed by atoms with Gasteiger partial charge in [-0.1, -0.05) is 57.5 Å². The molecule has 3 rings (SSSR count). The van der Waals surface area contributed by atoms with Crippen molar-refractivity contribution in [3.05, 3.63) is 34.9 Å². The Bertz CT molecular complexity index is 668. The van der Waals surface area contributed by atoms with Gasteiger partial charge in [0.2, 0.25) is 0 Å². The number of aryl methyl sites for hydroxylation is 1. The van der Waals surface area contributed by atoms with Gasteiger partial charge in [0.05, 0.1) is 0 Å². The first-order valence-corrected chi connectivity index (χ1v) is 10.9. The third-order valence-corrected chi connectivity index (χ3v) is 7.20. The van der Waals surface area contributed by atoms with E-state index >= 15 is 0 Å². The van der Waals surface area contributed by atoms with E-state index in [-0.39, 0.29) is 10.8 Å². The minimum absolute atomic E-state index is 0.120. The van der Waals surface area contributed by atoms with Crippen LogP contribution in [0, 0.1) is 11.3 Å². The molecule has 0 heterocycles. The van der Waals surface area contributed by atoms with E-state index in [0.29, 0.717) is 18.4 Å². The second-order valence-electron chi connectivity index (χ2n) is 9.50. The predicted octanol–water partition coefficient (Wildman–Crippen LogP) is 5.56. The molecule has 3 heteroatoms. The predicted molar refractivity (Wildman–Crippen MR) is 114 cm³/mol. The molecule has 2 N–H and O–H groups in total. The lowest BCUT2D eigenvalue weighted by atomic mass is 9.50. The highest BCUT2D eigenvalue weighted by Gasteiger charge is 2.51. The molecule has 1 aromatic rings. The number of nitrogens with two attached hydrogens (primary N) is 1. The molecule has 0 saturated heterocycles. The Morgan fingerprint density at radius 2 is 2.07 bits per heavy atom. The average molecular weight is 371 g/mol. The standard InChI is InChI=1S/C24H38N2O/c1-18(2)19-8-10-21-20(16-19)9-11-22-23(3,12-7-13-24(21,22)4)17-26-27-15-6-5-14-25/h8,10,16-18,22H,5-7,9,11-15,25H2,1-4H3/b26-17+/t22-,23-,24+/m0/s1. The summed E-state index contributed by atoms with van der Waals surface area (Å²) < 4.78 is 0. The van der Waals surface area contributed by atoms with Crippen LogP contribution in [0.15, 0.2) is 23.4 Å². The first-order chi connectivity index (χ1) is 12.9. The highest BCUT2D eigenvalue weighted by atomic mass is 16.6. The number of hydrogen-bond acceptors (Lipinski definition) is 3. The molecule has 0 spiro atoms. The van der Waals surface area contributed by atoms with E-state index in [1.165, 1.54) is 37.7 Å². The molecule has 1 saturated carbocycles. The zero-order valence-corrected chi connectivity index (χ0v) is 17.8. The smallest absolute Gasteiger partial charge is 0.117 e. The van der Waals surface area contributed by atoms with Gasteiger partial charge in [0, 0.05) is 11.6 Å². The molecular weight excluding hydrogens is 332 g/mol. The van der Waals surface area contributed by atoms with E-state index in [1.54, 1.807) is 11.1 Å².